The quantitative estimate of drug-likeness (QED) is 0.867. The summed E-state index contributed by atoms with van der Waals surface area (Å²) < 4.78 is 11.2. The molecule has 3 N–H and O–H groups in total. The van der Waals surface area contributed by atoms with Crippen molar-refractivity contribution in [3.63, 3.8) is 0 Å². The van der Waals surface area contributed by atoms with E-state index in [4.69, 9.17) is 15.2 Å². The monoisotopic (exact) mass is 332 g/mol. The maximum Gasteiger partial charge on any atom is 0.246 e. The zero-order valence-corrected chi connectivity index (χ0v) is 14.0. The van der Waals surface area contributed by atoms with Crippen LogP contribution in [0.1, 0.15) is 20.3 Å². The molecule has 118 valence electrons. The van der Waals surface area contributed by atoms with Gasteiger partial charge in [-0.15, -0.1) is 12.4 Å². The molecule has 1 aliphatic rings. The van der Waals surface area contributed by atoms with Crippen molar-refractivity contribution in [3.8, 4) is 11.5 Å². The van der Waals surface area contributed by atoms with Crippen LogP contribution >= 0.6 is 24.2 Å². The van der Waals surface area contributed by atoms with Gasteiger partial charge in [0.1, 0.15) is 0 Å². The molecule has 1 aromatic carbocycles. The summed E-state index contributed by atoms with van der Waals surface area (Å²) >= 11 is 1.67. The van der Waals surface area contributed by atoms with Crippen molar-refractivity contribution in [2.75, 3.05) is 17.3 Å². The Morgan fingerprint density at radius 2 is 2.05 bits per heavy atom. The Labute approximate surface area is 135 Å². The number of hydrogen-bond donors (Lipinski definition) is 2. The van der Waals surface area contributed by atoms with Gasteiger partial charge < -0.3 is 20.5 Å². The number of ether oxygens (including phenoxy) is 2. The summed E-state index contributed by atoms with van der Waals surface area (Å²) in [5.74, 6) is 1.33. The largest absolute Gasteiger partial charge is 0.449 e. The van der Waals surface area contributed by atoms with Gasteiger partial charge in [0.15, 0.2) is 11.5 Å². The summed E-state index contributed by atoms with van der Waals surface area (Å²) in [6, 6.07) is 4.82. The third-order valence-electron chi connectivity index (χ3n) is 2.89. The van der Waals surface area contributed by atoms with Crippen molar-refractivity contribution in [3.05, 3.63) is 18.2 Å². The minimum atomic E-state index is -0.667. The minimum absolute atomic E-state index is 0. The number of nitrogens with one attached hydrogen (secondary N) is 1. The molecule has 5 nitrogen and oxygen atoms in total. The Morgan fingerprint density at radius 3 is 2.71 bits per heavy atom. The number of nitrogens with two attached hydrogens (primary N) is 1. The van der Waals surface area contributed by atoms with Crippen LogP contribution in [0.15, 0.2) is 18.2 Å². The van der Waals surface area contributed by atoms with E-state index in [0.29, 0.717) is 23.6 Å². The van der Waals surface area contributed by atoms with Crippen molar-refractivity contribution in [2.45, 2.75) is 32.1 Å². The highest BCUT2D eigenvalue weighted by molar-refractivity contribution is 7.98. The van der Waals surface area contributed by atoms with Crippen LogP contribution < -0.4 is 20.5 Å². The van der Waals surface area contributed by atoms with Gasteiger partial charge in [-0.1, -0.05) is 0 Å². The summed E-state index contributed by atoms with van der Waals surface area (Å²) in [5, 5.41) is 2.80. The topological polar surface area (TPSA) is 73.6 Å². The van der Waals surface area contributed by atoms with E-state index in [0.717, 1.165) is 5.75 Å². The van der Waals surface area contributed by atoms with Crippen LogP contribution in [-0.4, -0.2) is 29.7 Å². The molecule has 7 heteroatoms. The number of carbonyl (C=O) groups excluding carboxylic acids is 1. The normalized spacial score (nSPS) is 16.0. The zero-order valence-electron chi connectivity index (χ0n) is 12.3. The van der Waals surface area contributed by atoms with Gasteiger partial charge in [-0.2, -0.15) is 11.8 Å². The van der Waals surface area contributed by atoms with Gasteiger partial charge in [-0.05, 0) is 30.6 Å². The fraction of sp³-hybridized carbons (Fsp3) is 0.500. The van der Waals surface area contributed by atoms with Gasteiger partial charge in [0.25, 0.3) is 0 Å². The smallest absolute Gasteiger partial charge is 0.246 e. The Balaban J connectivity index is 0.00000220. The maximum absolute atomic E-state index is 11.9. The molecule has 0 saturated heterocycles. The number of fused-ring (bicyclic) bond motifs is 1. The van der Waals surface area contributed by atoms with Crippen LogP contribution in [0, 0.1) is 0 Å². The van der Waals surface area contributed by atoms with E-state index in [-0.39, 0.29) is 18.3 Å². The van der Waals surface area contributed by atoms with E-state index in [2.05, 4.69) is 5.32 Å². The SMILES string of the molecule is CSCC[C@H](N)C(=O)Nc1ccc2c(c1)OC(C)(C)O2.Cl. The molecule has 0 saturated carbocycles. The Kier molecular flexibility index (Phi) is 6.19. The van der Waals surface area contributed by atoms with E-state index in [9.17, 15) is 4.79 Å². The lowest BCUT2D eigenvalue weighted by atomic mass is 10.2. The predicted molar refractivity (Wildman–Crippen MR) is 88.6 cm³/mol. The Bertz CT molecular complexity index is 511. The Hall–Kier alpha value is -1.11. The first kappa shape index (κ1) is 17.9. The van der Waals surface area contributed by atoms with E-state index < -0.39 is 11.8 Å². The van der Waals surface area contributed by atoms with Crippen molar-refractivity contribution in [1.82, 2.24) is 0 Å². The summed E-state index contributed by atoms with van der Waals surface area (Å²) in [6.07, 6.45) is 2.65. The number of carbonyl (C=O) groups is 1. The molecule has 21 heavy (non-hydrogen) atoms. The minimum Gasteiger partial charge on any atom is -0.449 e. The molecule has 1 amide bonds. The molecule has 1 heterocycles. The van der Waals surface area contributed by atoms with Crippen molar-refractivity contribution in [2.24, 2.45) is 5.73 Å². The molecule has 0 bridgehead atoms. The highest BCUT2D eigenvalue weighted by Crippen LogP contribution is 2.40. The molecule has 2 rings (SSSR count). The summed E-state index contributed by atoms with van der Waals surface area (Å²) in [5.41, 5.74) is 6.49. The van der Waals surface area contributed by atoms with Crippen LogP contribution in [0.5, 0.6) is 11.5 Å². The predicted octanol–water partition coefficient (Wildman–Crippen LogP) is 2.63. The van der Waals surface area contributed by atoms with Crippen LogP contribution in [-0.2, 0) is 4.79 Å². The second-order valence-corrected chi connectivity index (χ2v) is 6.13. The molecule has 0 aliphatic carbocycles. The molecular formula is C14H21ClN2O3S. The van der Waals surface area contributed by atoms with Gasteiger partial charge >= 0.3 is 0 Å². The van der Waals surface area contributed by atoms with Crippen molar-refractivity contribution < 1.29 is 14.3 Å². The summed E-state index contributed by atoms with van der Waals surface area (Å²) in [7, 11) is 0. The van der Waals surface area contributed by atoms with Gasteiger partial charge in [0.05, 0.1) is 6.04 Å². The lowest BCUT2D eigenvalue weighted by Crippen LogP contribution is -2.36. The molecule has 1 atom stereocenters. The number of benzene rings is 1. The number of rotatable bonds is 5. The molecular weight excluding hydrogens is 312 g/mol. The average Bonchev–Trinajstić information content (AvgIpc) is 2.68. The molecule has 0 aromatic heterocycles. The fourth-order valence-corrected chi connectivity index (χ4v) is 2.40. The van der Waals surface area contributed by atoms with Crippen LogP contribution in [0.4, 0.5) is 5.69 Å². The third kappa shape index (κ3) is 4.69. The highest BCUT2D eigenvalue weighted by atomic mass is 35.5. The number of thioether (sulfide) groups is 1. The molecule has 1 aromatic rings. The van der Waals surface area contributed by atoms with E-state index in [1.807, 2.05) is 20.1 Å². The van der Waals surface area contributed by atoms with Gasteiger partial charge in [0, 0.05) is 25.6 Å². The standard InChI is InChI=1S/C14H20N2O3S.ClH/c1-14(2)18-11-5-4-9(8-12(11)19-14)16-13(17)10(15)6-7-20-3;/h4-5,8,10H,6-7,15H2,1-3H3,(H,16,17);1H/t10-;/m0./s1. The van der Waals surface area contributed by atoms with Crippen molar-refractivity contribution in [1.29, 1.82) is 0 Å². The molecule has 0 unspecified atom stereocenters. The lowest BCUT2D eigenvalue weighted by molar-refractivity contribution is -0.117. The number of halogens is 1. The zero-order chi connectivity index (χ0) is 14.8. The Morgan fingerprint density at radius 1 is 1.38 bits per heavy atom. The van der Waals surface area contributed by atoms with Gasteiger partial charge in [-0.3, -0.25) is 4.79 Å². The highest BCUT2D eigenvalue weighted by Gasteiger charge is 2.31. The first-order valence-electron chi connectivity index (χ1n) is 6.49. The molecule has 0 fully saturated rings. The van der Waals surface area contributed by atoms with Gasteiger partial charge in [0.2, 0.25) is 11.7 Å². The molecule has 0 spiro atoms. The number of amides is 1. The van der Waals surface area contributed by atoms with Gasteiger partial charge in [-0.25, -0.2) is 0 Å². The van der Waals surface area contributed by atoms with Crippen LogP contribution in [0.2, 0.25) is 0 Å². The maximum atomic E-state index is 11.9. The van der Waals surface area contributed by atoms with Crippen molar-refractivity contribution >= 4 is 35.8 Å². The van der Waals surface area contributed by atoms with Crippen LogP contribution in [0.3, 0.4) is 0 Å². The third-order valence-corrected chi connectivity index (χ3v) is 3.54. The van der Waals surface area contributed by atoms with Crippen LogP contribution in [0.25, 0.3) is 0 Å². The molecule has 1 aliphatic heterocycles. The second-order valence-electron chi connectivity index (χ2n) is 5.14. The molecule has 0 radical (unpaired) electrons. The first-order chi connectivity index (χ1) is 9.41. The lowest BCUT2D eigenvalue weighted by Gasteiger charge is -2.16. The summed E-state index contributed by atoms with van der Waals surface area (Å²) in [6.45, 7) is 3.67. The number of anilines is 1. The van der Waals surface area contributed by atoms with E-state index >= 15 is 0 Å². The number of hydrogen-bond acceptors (Lipinski definition) is 5. The second kappa shape index (κ2) is 7.24. The van der Waals surface area contributed by atoms with E-state index in [1.165, 1.54) is 0 Å². The van der Waals surface area contributed by atoms with E-state index in [1.54, 1.807) is 30.0 Å². The fourth-order valence-electron chi connectivity index (χ4n) is 1.91. The first-order valence-corrected chi connectivity index (χ1v) is 7.88. The summed E-state index contributed by atoms with van der Waals surface area (Å²) in [4.78, 5) is 11.9. The average molecular weight is 333 g/mol.